The molecule has 13 heteroatoms. The molecule has 0 radical (unpaired) electrons. The van der Waals surface area contributed by atoms with E-state index in [4.69, 9.17) is 10.5 Å². The van der Waals surface area contributed by atoms with Crippen LogP contribution < -0.4 is 11.1 Å². The largest absolute Gasteiger partial charge is 0.465 e. The first-order valence-electron chi connectivity index (χ1n) is 11.2. The maximum atomic E-state index is 13.0. The first-order valence-corrected chi connectivity index (χ1v) is 13.6. The standard InChI is InChI=1S/C21H30N6O5S2/c1-3-17(27-20(22)24-25-21(27)33-14-18(28)32-4-2)19(29)23-15-8-10-16(11-9-15)34(30,31)26-12-6-5-7-13-26/h8-11,17H,3-7,12-14H2,1-2H3,(H2,22,24)(H,23,29). The molecule has 1 aliphatic heterocycles. The van der Waals surface area contributed by atoms with E-state index in [1.54, 1.807) is 19.1 Å². The van der Waals surface area contributed by atoms with Crippen molar-refractivity contribution in [3.8, 4) is 0 Å². The van der Waals surface area contributed by atoms with Gasteiger partial charge < -0.3 is 15.8 Å². The summed E-state index contributed by atoms with van der Waals surface area (Å²) in [6, 6.07) is 5.39. The van der Waals surface area contributed by atoms with Crippen molar-refractivity contribution < 1.29 is 22.7 Å². The van der Waals surface area contributed by atoms with Crippen molar-refractivity contribution in [1.29, 1.82) is 0 Å². The highest BCUT2D eigenvalue weighted by Crippen LogP contribution is 2.27. The van der Waals surface area contributed by atoms with Crippen LogP contribution in [0.5, 0.6) is 0 Å². The van der Waals surface area contributed by atoms with Crippen LogP contribution in [-0.4, -0.2) is 64.8 Å². The van der Waals surface area contributed by atoms with Gasteiger partial charge in [-0.05, 0) is 50.5 Å². The number of ether oxygens (including phenoxy) is 1. The summed E-state index contributed by atoms with van der Waals surface area (Å²) in [6.45, 7) is 4.85. The van der Waals surface area contributed by atoms with E-state index in [1.165, 1.54) is 21.0 Å². The number of hydrogen-bond acceptors (Lipinski definition) is 9. The van der Waals surface area contributed by atoms with E-state index in [0.29, 0.717) is 30.4 Å². The number of hydrogen-bond donors (Lipinski definition) is 2. The number of nitrogen functional groups attached to an aromatic ring is 1. The Kier molecular flexibility index (Phi) is 8.91. The smallest absolute Gasteiger partial charge is 0.316 e. The number of benzene rings is 1. The highest BCUT2D eigenvalue weighted by molar-refractivity contribution is 7.99. The first kappa shape index (κ1) is 26.0. The maximum absolute atomic E-state index is 13.0. The van der Waals surface area contributed by atoms with Gasteiger partial charge in [-0.25, -0.2) is 8.42 Å². The average Bonchev–Trinajstić information content (AvgIpc) is 3.19. The Bertz CT molecular complexity index is 1100. The highest BCUT2D eigenvalue weighted by Gasteiger charge is 2.27. The Hall–Kier alpha value is -2.64. The van der Waals surface area contributed by atoms with Crippen molar-refractivity contribution in [3.63, 3.8) is 0 Å². The Labute approximate surface area is 203 Å². The molecule has 1 aliphatic rings. The summed E-state index contributed by atoms with van der Waals surface area (Å²) in [5, 5.41) is 11.0. The lowest BCUT2D eigenvalue weighted by molar-refractivity contribution is -0.139. The lowest BCUT2D eigenvalue weighted by atomic mass is 10.2. The van der Waals surface area contributed by atoms with Crippen molar-refractivity contribution in [2.24, 2.45) is 0 Å². The number of rotatable bonds is 10. The SMILES string of the molecule is CCOC(=O)CSc1nnc(N)n1C(CC)C(=O)Nc1ccc(S(=O)(=O)N2CCCCC2)cc1. The van der Waals surface area contributed by atoms with Crippen molar-refractivity contribution in [2.45, 2.75) is 55.6 Å². The van der Waals surface area contributed by atoms with Crippen LogP contribution in [0.1, 0.15) is 45.6 Å². The van der Waals surface area contributed by atoms with Gasteiger partial charge in [-0.15, -0.1) is 10.2 Å². The van der Waals surface area contributed by atoms with Crippen molar-refractivity contribution in [2.75, 3.05) is 36.5 Å². The van der Waals surface area contributed by atoms with Gasteiger partial charge >= 0.3 is 5.97 Å². The van der Waals surface area contributed by atoms with E-state index >= 15 is 0 Å². The quantitative estimate of drug-likeness (QED) is 0.362. The van der Waals surface area contributed by atoms with Gasteiger partial charge in [-0.1, -0.05) is 25.1 Å². The number of carbonyl (C=O) groups excluding carboxylic acids is 2. The minimum Gasteiger partial charge on any atom is -0.465 e. The second kappa shape index (κ2) is 11.7. The number of amides is 1. The second-order valence-corrected chi connectivity index (χ2v) is 10.6. The number of nitrogens with one attached hydrogen (secondary N) is 1. The fourth-order valence-corrected chi connectivity index (χ4v) is 5.99. The van der Waals surface area contributed by atoms with Gasteiger partial charge in [0.05, 0.1) is 17.3 Å². The van der Waals surface area contributed by atoms with E-state index in [1.807, 2.05) is 6.92 Å². The molecule has 3 N–H and O–H groups in total. The molecule has 0 spiro atoms. The molecule has 11 nitrogen and oxygen atoms in total. The predicted molar refractivity (Wildman–Crippen MR) is 129 cm³/mol. The number of anilines is 2. The lowest BCUT2D eigenvalue weighted by Crippen LogP contribution is -2.35. The molecule has 0 aliphatic carbocycles. The zero-order valence-electron chi connectivity index (χ0n) is 19.3. The summed E-state index contributed by atoms with van der Waals surface area (Å²) in [7, 11) is -3.55. The monoisotopic (exact) mass is 510 g/mol. The molecular formula is C21H30N6O5S2. The van der Waals surface area contributed by atoms with Crippen molar-refractivity contribution in [1.82, 2.24) is 19.1 Å². The van der Waals surface area contributed by atoms with Gasteiger partial charge in [0.1, 0.15) is 6.04 Å². The first-order chi connectivity index (χ1) is 16.3. The molecule has 3 rings (SSSR count). The van der Waals surface area contributed by atoms with Gasteiger partial charge in [-0.3, -0.25) is 14.2 Å². The Morgan fingerprint density at radius 2 is 1.82 bits per heavy atom. The maximum Gasteiger partial charge on any atom is 0.316 e. The van der Waals surface area contributed by atoms with Gasteiger partial charge in [0.2, 0.25) is 21.9 Å². The highest BCUT2D eigenvalue weighted by atomic mass is 32.2. The number of nitrogens with two attached hydrogens (primary N) is 1. The normalized spacial score (nSPS) is 15.6. The summed E-state index contributed by atoms with van der Waals surface area (Å²) in [4.78, 5) is 24.9. The van der Waals surface area contributed by atoms with Crippen LogP contribution in [0.15, 0.2) is 34.3 Å². The predicted octanol–water partition coefficient (Wildman–Crippen LogP) is 2.28. The van der Waals surface area contributed by atoms with Crippen LogP contribution in [0.2, 0.25) is 0 Å². The number of sulfonamides is 1. The van der Waals surface area contributed by atoms with Crippen molar-refractivity contribution in [3.05, 3.63) is 24.3 Å². The molecule has 34 heavy (non-hydrogen) atoms. The van der Waals surface area contributed by atoms with E-state index in [9.17, 15) is 18.0 Å². The number of carbonyl (C=O) groups is 2. The van der Waals surface area contributed by atoms with Gasteiger partial charge in [0.25, 0.3) is 0 Å². The summed E-state index contributed by atoms with van der Waals surface area (Å²) < 4.78 is 33.6. The molecule has 0 bridgehead atoms. The van der Waals surface area contributed by atoms with Crippen LogP contribution in [0, 0.1) is 0 Å². The van der Waals surface area contributed by atoms with E-state index < -0.39 is 22.0 Å². The molecule has 1 amide bonds. The molecule has 2 aromatic rings. The number of piperidine rings is 1. The summed E-state index contributed by atoms with van der Waals surface area (Å²) in [5.74, 6) is -0.704. The summed E-state index contributed by atoms with van der Waals surface area (Å²) >= 11 is 1.08. The van der Waals surface area contributed by atoms with Gasteiger partial charge in [-0.2, -0.15) is 4.31 Å². The molecule has 1 aromatic heterocycles. The second-order valence-electron chi connectivity index (χ2n) is 7.71. The third kappa shape index (κ3) is 6.07. The third-order valence-electron chi connectivity index (χ3n) is 5.39. The van der Waals surface area contributed by atoms with Gasteiger partial charge in [0, 0.05) is 18.8 Å². The molecule has 0 saturated carbocycles. The van der Waals surface area contributed by atoms with E-state index in [0.717, 1.165) is 31.0 Å². The Morgan fingerprint density at radius 1 is 1.15 bits per heavy atom. The van der Waals surface area contributed by atoms with E-state index in [-0.39, 0.29) is 29.1 Å². The lowest BCUT2D eigenvalue weighted by Gasteiger charge is -2.26. The average molecular weight is 511 g/mol. The zero-order valence-corrected chi connectivity index (χ0v) is 20.9. The molecule has 1 aromatic carbocycles. The van der Waals surface area contributed by atoms with Crippen LogP contribution >= 0.6 is 11.8 Å². The van der Waals surface area contributed by atoms with Crippen LogP contribution in [0.3, 0.4) is 0 Å². The fraction of sp³-hybridized carbons (Fsp3) is 0.524. The molecule has 2 heterocycles. The fourth-order valence-electron chi connectivity index (χ4n) is 3.68. The molecule has 1 unspecified atom stereocenters. The number of thioether (sulfide) groups is 1. The minimum atomic E-state index is -3.55. The van der Waals surface area contributed by atoms with Crippen molar-refractivity contribution >= 4 is 45.3 Å². The Balaban J connectivity index is 1.71. The molecule has 186 valence electrons. The molecule has 1 saturated heterocycles. The number of esters is 1. The molecule has 1 fully saturated rings. The molecule has 1 atom stereocenters. The number of aromatic nitrogens is 3. The topological polar surface area (TPSA) is 150 Å². The summed E-state index contributed by atoms with van der Waals surface area (Å²) in [5.41, 5.74) is 6.41. The zero-order chi connectivity index (χ0) is 24.7. The third-order valence-corrected chi connectivity index (χ3v) is 8.22. The van der Waals surface area contributed by atoms with Crippen LogP contribution in [-0.2, 0) is 24.3 Å². The minimum absolute atomic E-state index is 0.0109. The number of nitrogens with zero attached hydrogens (tertiary/aromatic N) is 4. The van der Waals surface area contributed by atoms with Crippen LogP contribution in [0.4, 0.5) is 11.6 Å². The van der Waals surface area contributed by atoms with E-state index in [2.05, 4.69) is 15.5 Å². The summed E-state index contributed by atoms with van der Waals surface area (Å²) in [6.07, 6.45) is 3.15. The van der Waals surface area contributed by atoms with Gasteiger partial charge in [0.15, 0.2) is 5.16 Å². The van der Waals surface area contributed by atoms with Crippen LogP contribution in [0.25, 0.3) is 0 Å². The Morgan fingerprint density at radius 3 is 2.44 bits per heavy atom. The molecular weight excluding hydrogens is 480 g/mol.